The van der Waals surface area contributed by atoms with Gasteiger partial charge in [0.25, 0.3) is 0 Å². The first-order chi connectivity index (χ1) is 7.06. The Bertz CT molecular complexity index is 243. The van der Waals surface area contributed by atoms with Crippen LogP contribution in [0, 0.1) is 0 Å². The van der Waals surface area contributed by atoms with E-state index in [1.807, 2.05) is 0 Å². The first-order valence-corrected chi connectivity index (χ1v) is 5.87. The summed E-state index contributed by atoms with van der Waals surface area (Å²) in [6.45, 7) is 0.763. The van der Waals surface area contributed by atoms with Crippen molar-refractivity contribution in [2.24, 2.45) is 0 Å². The van der Waals surface area contributed by atoms with Crippen LogP contribution in [0.2, 0.25) is 0 Å². The largest absolute Gasteiger partial charge is 0.481 e. The summed E-state index contributed by atoms with van der Waals surface area (Å²) < 4.78 is 15.9. The summed E-state index contributed by atoms with van der Waals surface area (Å²) >= 11 is 0. The maximum Gasteiger partial charge on any atom is 0.304 e. The van der Waals surface area contributed by atoms with Gasteiger partial charge in [-0.15, -0.1) is 0 Å². The highest BCUT2D eigenvalue weighted by Crippen LogP contribution is 1.88. The summed E-state index contributed by atoms with van der Waals surface area (Å²) in [5.74, 6) is -1.51. The molecule has 1 atom stereocenters. The lowest BCUT2D eigenvalue weighted by Gasteiger charge is -2.03. The Morgan fingerprint density at radius 3 is 2.67 bits per heavy atom. The minimum Gasteiger partial charge on any atom is -0.481 e. The fourth-order valence-corrected chi connectivity index (χ4v) is 1.70. The summed E-state index contributed by atoms with van der Waals surface area (Å²) in [6, 6.07) is 0. The lowest BCUT2D eigenvalue weighted by molar-refractivity contribution is -0.136. The molecule has 0 saturated carbocycles. The standard InChI is InChI=1S/C8H15NO5S/c1-14-4-3-9-7(10)6-15(13)5-2-8(11)12/h2-6H2,1H3,(H,9,10)(H,11,12). The first-order valence-electron chi connectivity index (χ1n) is 4.38. The summed E-state index contributed by atoms with van der Waals surface area (Å²) in [4.78, 5) is 21.2. The molecule has 2 N–H and O–H groups in total. The molecule has 0 heterocycles. The van der Waals surface area contributed by atoms with Gasteiger partial charge in [-0.05, 0) is 0 Å². The van der Waals surface area contributed by atoms with Gasteiger partial charge in [0.1, 0.15) is 5.75 Å². The van der Waals surface area contributed by atoms with E-state index in [4.69, 9.17) is 9.84 Å². The first kappa shape index (κ1) is 14.1. The number of aliphatic carboxylic acids is 1. The van der Waals surface area contributed by atoms with Crippen molar-refractivity contribution >= 4 is 22.7 Å². The molecule has 0 fully saturated rings. The van der Waals surface area contributed by atoms with Crippen molar-refractivity contribution in [3.8, 4) is 0 Å². The van der Waals surface area contributed by atoms with Crippen LogP contribution < -0.4 is 5.32 Å². The van der Waals surface area contributed by atoms with Gasteiger partial charge in [0, 0.05) is 30.2 Å². The number of carbonyl (C=O) groups is 2. The summed E-state index contributed by atoms with van der Waals surface area (Å²) in [7, 11) is 0.101. The molecule has 0 bridgehead atoms. The van der Waals surface area contributed by atoms with E-state index in [2.05, 4.69) is 5.32 Å². The molecule has 0 aromatic carbocycles. The van der Waals surface area contributed by atoms with E-state index in [1.54, 1.807) is 0 Å². The molecule has 1 amide bonds. The fourth-order valence-electron chi connectivity index (χ4n) is 0.763. The van der Waals surface area contributed by atoms with E-state index in [0.29, 0.717) is 13.2 Å². The second kappa shape index (κ2) is 8.37. The third-order valence-corrected chi connectivity index (χ3v) is 2.71. The molecule has 7 heteroatoms. The van der Waals surface area contributed by atoms with Gasteiger partial charge < -0.3 is 15.2 Å². The number of methoxy groups -OCH3 is 1. The van der Waals surface area contributed by atoms with Crippen LogP contribution in [-0.2, 0) is 25.1 Å². The molecule has 1 unspecified atom stereocenters. The minimum absolute atomic E-state index is 0.00698. The molecule has 0 aromatic heterocycles. The zero-order valence-electron chi connectivity index (χ0n) is 8.52. The smallest absolute Gasteiger partial charge is 0.304 e. The average molecular weight is 237 g/mol. The predicted molar refractivity (Wildman–Crippen MR) is 55.0 cm³/mol. The van der Waals surface area contributed by atoms with Crippen molar-refractivity contribution in [3.63, 3.8) is 0 Å². The van der Waals surface area contributed by atoms with E-state index in [-0.39, 0.29) is 23.8 Å². The Labute approximate surface area is 90.4 Å². The van der Waals surface area contributed by atoms with Crippen LogP contribution in [0.4, 0.5) is 0 Å². The molecular weight excluding hydrogens is 222 g/mol. The van der Waals surface area contributed by atoms with Gasteiger partial charge >= 0.3 is 5.97 Å². The summed E-state index contributed by atoms with van der Waals surface area (Å²) in [5.41, 5.74) is 0. The third kappa shape index (κ3) is 9.36. The Morgan fingerprint density at radius 2 is 2.13 bits per heavy atom. The van der Waals surface area contributed by atoms with Crippen LogP contribution in [0.25, 0.3) is 0 Å². The lowest BCUT2D eigenvalue weighted by Crippen LogP contribution is -2.31. The van der Waals surface area contributed by atoms with Gasteiger partial charge in [-0.2, -0.15) is 0 Å². The van der Waals surface area contributed by atoms with Crippen LogP contribution in [0.1, 0.15) is 6.42 Å². The molecule has 88 valence electrons. The van der Waals surface area contributed by atoms with E-state index in [0.717, 1.165) is 0 Å². The number of carboxylic acids is 1. The number of hydrogen-bond acceptors (Lipinski definition) is 4. The van der Waals surface area contributed by atoms with Crippen LogP contribution in [0.3, 0.4) is 0 Å². The second-order valence-corrected chi connectivity index (χ2v) is 4.35. The number of ether oxygens (including phenoxy) is 1. The van der Waals surface area contributed by atoms with Crippen molar-refractivity contribution in [1.29, 1.82) is 0 Å². The lowest BCUT2D eigenvalue weighted by atomic mass is 10.5. The van der Waals surface area contributed by atoms with Gasteiger partial charge in [0.05, 0.1) is 13.0 Å². The SMILES string of the molecule is COCCNC(=O)CS(=O)CCC(=O)O. The molecule has 0 radical (unpaired) electrons. The van der Waals surface area contributed by atoms with Crippen LogP contribution in [-0.4, -0.2) is 53.0 Å². The molecule has 6 nitrogen and oxygen atoms in total. The Morgan fingerprint density at radius 1 is 1.47 bits per heavy atom. The van der Waals surface area contributed by atoms with Gasteiger partial charge in [0.2, 0.25) is 5.91 Å². The molecule has 0 aliphatic heterocycles. The quantitative estimate of drug-likeness (QED) is 0.527. The van der Waals surface area contributed by atoms with Gasteiger partial charge in [-0.3, -0.25) is 13.8 Å². The zero-order chi connectivity index (χ0) is 11.7. The van der Waals surface area contributed by atoms with Crippen molar-refractivity contribution in [3.05, 3.63) is 0 Å². The number of nitrogens with one attached hydrogen (secondary N) is 1. The Hall–Kier alpha value is -0.950. The normalized spacial score (nSPS) is 12.1. The van der Waals surface area contributed by atoms with Gasteiger partial charge in [-0.25, -0.2) is 0 Å². The molecule has 0 aliphatic rings. The summed E-state index contributed by atoms with van der Waals surface area (Å²) in [5, 5.41) is 10.8. The second-order valence-electron chi connectivity index (χ2n) is 2.77. The topological polar surface area (TPSA) is 92.7 Å². The van der Waals surface area contributed by atoms with E-state index in [9.17, 15) is 13.8 Å². The van der Waals surface area contributed by atoms with Gasteiger partial charge in [0.15, 0.2) is 0 Å². The predicted octanol–water partition coefficient (Wildman–Crippen LogP) is -1.03. The van der Waals surface area contributed by atoms with Crippen LogP contribution >= 0.6 is 0 Å². The van der Waals surface area contributed by atoms with Crippen molar-refractivity contribution in [2.75, 3.05) is 31.8 Å². The highest BCUT2D eigenvalue weighted by molar-refractivity contribution is 7.85. The van der Waals surface area contributed by atoms with E-state index < -0.39 is 16.8 Å². The average Bonchev–Trinajstić information content (AvgIpc) is 2.15. The number of amides is 1. The molecule has 0 aliphatic carbocycles. The number of rotatable bonds is 8. The van der Waals surface area contributed by atoms with Crippen LogP contribution in [0.15, 0.2) is 0 Å². The summed E-state index contributed by atoms with van der Waals surface area (Å²) in [6.07, 6.45) is -0.183. The molecule has 0 rings (SSSR count). The van der Waals surface area contributed by atoms with Crippen molar-refractivity contribution in [2.45, 2.75) is 6.42 Å². The maximum atomic E-state index is 11.1. The molecule has 0 saturated heterocycles. The molecule has 0 spiro atoms. The highest BCUT2D eigenvalue weighted by atomic mass is 32.2. The third-order valence-electron chi connectivity index (χ3n) is 1.46. The van der Waals surface area contributed by atoms with Crippen LogP contribution in [0.5, 0.6) is 0 Å². The molecule has 15 heavy (non-hydrogen) atoms. The van der Waals surface area contributed by atoms with Gasteiger partial charge in [-0.1, -0.05) is 0 Å². The van der Waals surface area contributed by atoms with Crippen molar-refractivity contribution < 1.29 is 23.6 Å². The minimum atomic E-state index is -1.41. The molecular formula is C8H15NO5S. The van der Waals surface area contributed by atoms with E-state index >= 15 is 0 Å². The highest BCUT2D eigenvalue weighted by Gasteiger charge is 2.08. The number of carboxylic acid groups (broad SMARTS) is 1. The Balaban J connectivity index is 3.58. The Kier molecular flexibility index (Phi) is 7.84. The number of carbonyl (C=O) groups excluding carboxylic acids is 1. The maximum absolute atomic E-state index is 11.1. The molecule has 0 aromatic rings. The number of hydrogen-bond donors (Lipinski definition) is 2. The monoisotopic (exact) mass is 237 g/mol. The zero-order valence-corrected chi connectivity index (χ0v) is 9.34. The fraction of sp³-hybridized carbons (Fsp3) is 0.750. The van der Waals surface area contributed by atoms with E-state index in [1.165, 1.54) is 7.11 Å². The van der Waals surface area contributed by atoms with Crippen molar-refractivity contribution in [1.82, 2.24) is 5.32 Å².